The fourth-order valence-corrected chi connectivity index (χ4v) is 2.34. The molecular weight excluding hydrogens is 198 g/mol. The van der Waals surface area contributed by atoms with Gasteiger partial charge in [0.25, 0.3) is 11.8 Å². The predicted octanol–water partition coefficient (Wildman–Crippen LogP) is 0.499. The number of imide groups is 1. The fraction of sp³-hybridized carbons (Fsp3) is 0.556. The molecule has 14 heavy (non-hydrogen) atoms. The number of rotatable bonds is 4. The maximum atomic E-state index is 11.1. The summed E-state index contributed by atoms with van der Waals surface area (Å²) in [4.78, 5) is 33.0. The Morgan fingerprint density at radius 1 is 1.29 bits per heavy atom. The van der Waals surface area contributed by atoms with E-state index in [2.05, 4.69) is 0 Å². The molecule has 5 heteroatoms. The average Bonchev–Trinajstić information content (AvgIpc) is 2.33. The van der Waals surface area contributed by atoms with Gasteiger partial charge < -0.3 is 4.80 Å². The van der Waals surface area contributed by atoms with E-state index in [0.29, 0.717) is 19.0 Å². The van der Waals surface area contributed by atoms with Crippen LogP contribution in [0, 0.1) is 0 Å². The standard InChI is InChI=1S/C9H15NO3Si/c1-14(2,13)7-3-6-10-8(11)4-5-9(10)12/h4-5,13H,3,6-7H2,1-2H3. The first-order valence-corrected chi connectivity index (χ1v) is 7.81. The van der Waals surface area contributed by atoms with Crippen LogP contribution in [0.1, 0.15) is 6.42 Å². The minimum Gasteiger partial charge on any atom is -0.432 e. The molecule has 0 saturated heterocycles. The van der Waals surface area contributed by atoms with Gasteiger partial charge in [-0.1, -0.05) is 0 Å². The highest BCUT2D eigenvalue weighted by molar-refractivity contribution is 6.69. The lowest BCUT2D eigenvalue weighted by atomic mass is 10.4. The molecule has 2 amide bonds. The number of hydrogen-bond acceptors (Lipinski definition) is 3. The van der Waals surface area contributed by atoms with E-state index in [4.69, 9.17) is 0 Å². The maximum absolute atomic E-state index is 11.1. The lowest BCUT2D eigenvalue weighted by molar-refractivity contribution is -0.136. The smallest absolute Gasteiger partial charge is 0.253 e. The highest BCUT2D eigenvalue weighted by atomic mass is 28.4. The third-order valence-electron chi connectivity index (χ3n) is 2.07. The Labute approximate surface area is 84.3 Å². The molecule has 0 saturated carbocycles. The van der Waals surface area contributed by atoms with E-state index in [1.54, 1.807) is 0 Å². The van der Waals surface area contributed by atoms with Crippen LogP contribution in [0.3, 0.4) is 0 Å². The minimum absolute atomic E-state index is 0.243. The predicted molar refractivity (Wildman–Crippen MR) is 55.0 cm³/mol. The Morgan fingerprint density at radius 3 is 2.21 bits per heavy atom. The van der Waals surface area contributed by atoms with Crippen molar-refractivity contribution >= 4 is 20.1 Å². The van der Waals surface area contributed by atoms with Gasteiger partial charge in [-0.2, -0.15) is 0 Å². The largest absolute Gasteiger partial charge is 0.432 e. The number of carbonyl (C=O) groups excluding carboxylic acids is 2. The zero-order valence-corrected chi connectivity index (χ0v) is 9.49. The van der Waals surface area contributed by atoms with Crippen LogP contribution in [0.15, 0.2) is 12.2 Å². The molecule has 78 valence electrons. The Kier molecular flexibility index (Phi) is 3.23. The molecule has 4 nitrogen and oxygen atoms in total. The Balaban J connectivity index is 2.33. The molecule has 1 N–H and O–H groups in total. The van der Waals surface area contributed by atoms with Crippen LogP contribution in [0.2, 0.25) is 19.1 Å². The van der Waals surface area contributed by atoms with E-state index in [1.807, 2.05) is 13.1 Å². The van der Waals surface area contributed by atoms with Crippen molar-refractivity contribution < 1.29 is 14.4 Å². The second-order valence-electron chi connectivity index (χ2n) is 4.08. The molecule has 0 bridgehead atoms. The summed E-state index contributed by atoms with van der Waals surface area (Å²) in [5.41, 5.74) is 0. The second-order valence-corrected chi connectivity index (χ2v) is 8.20. The lowest BCUT2D eigenvalue weighted by Crippen LogP contribution is -2.33. The molecule has 0 aromatic rings. The van der Waals surface area contributed by atoms with Gasteiger partial charge in [-0.15, -0.1) is 0 Å². The van der Waals surface area contributed by atoms with E-state index >= 15 is 0 Å². The fourth-order valence-electron chi connectivity index (χ4n) is 1.32. The van der Waals surface area contributed by atoms with Crippen molar-refractivity contribution in [3.63, 3.8) is 0 Å². The van der Waals surface area contributed by atoms with E-state index < -0.39 is 8.32 Å². The summed E-state index contributed by atoms with van der Waals surface area (Å²) in [7, 11) is -2.04. The van der Waals surface area contributed by atoms with Crippen LogP contribution >= 0.6 is 0 Å². The monoisotopic (exact) mass is 213 g/mol. The van der Waals surface area contributed by atoms with Gasteiger partial charge in [-0.05, 0) is 25.6 Å². The first-order chi connectivity index (χ1) is 6.40. The van der Waals surface area contributed by atoms with Crippen LogP contribution in [0.4, 0.5) is 0 Å². The molecule has 0 fully saturated rings. The third kappa shape index (κ3) is 3.08. The topological polar surface area (TPSA) is 57.6 Å². The molecule has 0 atom stereocenters. The van der Waals surface area contributed by atoms with Crippen molar-refractivity contribution in [2.24, 2.45) is 0 Å². The van der Waals surface area contributed by atoms with Crippen molar-refractivity contribution in [1.82, 2.24) is 4.90 Å². The summed E-state index contributed by atoms with van der Waals surface area (Å²) in [5.74, 6) is -0.486. The molecule has 0 aromatic carbocycles. The quantitative estimate of drug-likeness (QED) is 0.546. The lowest BCUT2D eigenvalue weighted by Gasteiger charge is -2.17. The molecule has 1 aliphatic rings. The van der Waals surface area contributed by atoms with Gasteiger partial charge >= 0.3 is 0 Å². The SMILES string of the molecule is C[Si](C)(O)CCCN1C(=O)C=CC1=O. The van der Waals surface area contributed by atoms with E-state index in [-0.39, 0.29) is 11.8 Å². The Morgan fingerprint density at radius 2 is 1.79 bits per heavy atom. The Bertz CT molecular complexity index is 262. The molecule has 0 spiro atoms. The molecule has 1 heterocycles. The molecule has 0 radical (unpaired) electrons. The van der Waals surface area contributed by atoms with Gasteiger partial charge in [-0.25, -0.2) is 0 Å². The summed E-state index contributed by atoms with van der Waals surface area (Å²) >= 11 is 0. The number of hydrogen-bond donors (Lipinski definition) is 1. The van der Waals surface area contributed by atoms with Crippen LogP contribution in [0.5, 0.6) is 0 Å². The normalized spacial score (nSPS) is 16.9. The Hall–Kier alpha value is -0.943. The molecule has 0 unspecified atom stereocenters. The molecule has 1 aliphatic heterocycles. The number of carbonyl (C=O) groups is 2. The summed E-state index contributed by atoms with van der Waals surface area (Å²) in [5, 5.41) is 0. The van der Waals surface area contributed by atoms with Gasteiger partial charge in [0.15, 0.2) is 8.32 Å². The average molecular weight is 213 g/mol. The maximum Gasteiger partial charge on any atom is 0.253 e. The zero-order valence-electron chi connectivity index (χ0n) is 8.49. The van der Waals surface area contributed by atoms with Crippen molar-refractivity contribution in [3.8, 4) is 0 Å². The first-order valence-electron chi connectivity index (χ1n) is 4.66. The van der Waals surface area contributed by atoms with Gasteiger partial charge in [-0.3, -0.25) is 14.5 Å². The molecular formula is C9H15NO3Si. The third-order valence-corrected chi connectivity index (χ3v) is 3.65. The summed E-state index contributed by atoms with van der Waals surface area (Å²) in [6, 6.07) is 0.712. The van der Waals surface area contributed by atoms with Gasteiger partial charge in [0.2, 0.25) is 0 Å². The number of amides is 2. The van der Waals surface area contributed by atoms with Crippen LogP contribution in [-0.4, -0.2) is 36.4 Å². The molecule has 0 aliphatic carbocycles. The van der Waals surface area contributed by atoms with E-state index in [9.17, 15) is 14.4 Å². The van der Waals surface area contributed by atoms with E-state index in [1.165, 1.54) is 17.1 Å². The summed E-state index contributed by atoms with van der Waals surface area (Å²) < 4.78 is 0. The summed E-state index contributed by atoms with van der Waals surface area (Å²) in [6.07, 6.45) is 3.25. The highest BCUT2D eigenvalue weighted by Gasteiger charge is 2.24. The van der Waals surface area contributed by atoms with Crippen molar-refractivity contribution in [1.29, 1.82) is 0 Å². The first kappa shape index (κ1) is 11.1. The van der Waals surface area contributed by atoms with Crippen molar-refractivity contribution in [3.05, 3.63) is 12.2 Å². The van der Waals surface area contributed by atoms with Crippen molar-refractivity contribution in [2.45, 2.75) is 25.6 Å². The van der Waals surface area contributed by atoms with Gasteiger partial charge in [0.1, 0.15) is 0 Å². The number of nitrogens with zero attached hydrogens (tertiary/aromatic N) is 1. The van der Waals surface area contributed by atoms with Gasteiger partial charge in [0.05, 0.1) is 0 Å². The van der Waals surface area contributed by atoms with Crippen LogP contribution in [0.25, 0.3) is 0 Å². The highest BCUT2D eigenvalue weighted by Crippen LogP contribution is 2.11. The zero-order chi connectivity index (χ0) is 10.8. The van der Waals surface area contributed by atoms with Crippen molar-refractivity contribution in [2.75, 3.05) is 6.54 Å². The summed E-state index contributed by atoms with van der Waals surface area (Å²) in [6.45, 7) is 4.11. The molecule has 0 aromatic heterocycles. The second kappa shape index (κ2) is 4.06. The van der Waals surface area contributed by atoms with Crippen LogP contribution < -0.4 is 0 Å². The minimum atomic E-state index is -2.04. The van der Waals surface area contributed by atoms with Crippen LogP contribution in [-0.2, 0) is 9.59 Å². The molecule has 1 rings (SSSR count). The van der Waals surface area contributed by atoms with E-state index in [0.717, 1.165) is 0 Å². The van der Waals surface area contributed by atoms with Gasteiger partial charge in [0, 0.05) is 18.7 Å².